The normalized spacial score (nSPS) is 13.3. The van der Waals surface area contributed by atoms with Crippen molar-refractivity contribution in [3.8, 4) is 5.75 Å². The van der Waals surface area contributed by atoms with Gasteiger partial charge in [0.15, 0.2) is 0 Å². The molecule has 1 heterocycles. The fraction of sp³-hybridized carbons (Fsp3) is 0.588. The Morgan fingerprint density at radius 2 is 1.95 bits per heavy atom. The average Bonchev–Trinajstić information content (AvgIpc) is 2.82. The van der Waals surface area contributed by atoms with Gasteiger partial charge in [0.05, 0.1) is 18.1 Å². The topological polar surface area (TPSA) is 53.1 Å². The van der Waals surface area contributed by atoms with E-state index in [4.69, 9.17) is 15.5 Å². The monoisotopic (exact) mass is 289 g/mol. The Hall–Kier alpha value is -1.55. The number of fused-ring (bicyclic) bond motifs is 1. The number of hydrogen-bond acceptors (Lipinski definition) is 3. The van der Waals surface area contributed by atoms with Crippen molar-refractivity contribution in [2.24, 2.45) is 11.7 Å². The lowest BCUT2D eigenvalue weighted by Gasteiger charge is -2.21. The molecule has 1 atom stereocenters. The third-order valence-electron chi connectivity index (χ3n) is 3.85. The van der Waals surface area contributed by atoms with Crippen LogP contribution in [-0.4, -0.2) is 23.2 Å². The van der Waals surface area contributed by atoms with Crippen LogP contribution in [0.2, 0.25) is 0 Å². The van der Waals surface area contributed by atoms with Crippen molar-refractivity contribution in [3.05, 3.63) is 24.0 Å². The van der Waals surface area contributed by atoms with E-state index in [-0.39, 0.29) is 0 Å². The minimum atomic E-state index is 0.297. The number of nitrogens with zero attached hydrogens (tertiary/aromatic N) is 2. The number of hydrogen-bond donors (Lipinski definition) is 1. The number of imidazole rings is 1. The van der Waals surface area contributed by atoms with Crippen molar-refractivity contribution in [1.82, 2.24) is 9.55 Å². The van der Waals surface area contributed by atoms with Gasteiger partial charge in [-0.25, -0.2) is 4.98 Å². The predicted octanol–water partition coefficient (Wildman–Crippen LogP) is 3.71. The highest BCUT2D eigenvalue weighted by Gasteiger charge is 2.21. The molecule has 4 heteroatoms. The maximum Gasteiger partial charge on any atom is 0.121 e. The van der Waals surface area contributed by atoms with Crippen LogP contribution in [-0.2, 0) is 0 Å². The first kappa shape index (κ1) is 15.8. The van der Waals surface area contributed by atoms with Crippen LogP contribution in [0.1, 0.15) is 51.9 Å². The zero-order valence-corrected chi connectivity index (χ0v) is 13.8. The maximum atomic E-state index is 6.02. The summed E-state index contributed by atoms with van der Waals surface area (Å²) in [5.74, 6) is 2.85. The molecule has 1 aromatic carbocycles. The molecule has 0 fully saturated rings. The first-order valence-electron chi connectivity index (χ1n) is 7.73. The summed E-state index contributed by atoms with van der Waals surface area (Å²) in [6.45, 7) is 9.48. The van der Waals surface area contributed by atoms with Crippen LogP contribution >= 0.6 is 0 Å². The molecule has 116 valence electrons. The zero-order chi connectivity index (χ0) is 15.6. The third kappa shape index (κ3) is 3.21. The molecular formula is C17H27N3O. The number of aromatic nitrogens is 2. The molecule has 0 aliphatic carbocycles. The summed E-state index contributed by atoms with van der Waals surface area (Å²) in [5.41, 5.74) is 8.16. The second kappa shape index (κ2) is 6.48. The lowest BCUT2D eigenvalue weighted by Crippen LogP contribution is -2.20. The van der Waals surface area contributed by atoms with Crippen LogP contribution in [0.3, 0.4) is 0 Å². The summed E-state index contributed by atoms with van der Waals surface area (Å²) in [6, 6.07) is 6.44. The molecule has 2 aromatic rings. The third-order valence-corrected chi connectivity index (χ3v) is 3.85. The Balaban J connectivity index is 2.57. The number of benzene rings is 1. The fourth-order valence-electron chi connectivity index (χ4n) is 2.93. The number of methoxy groups -OCH3 is 1. The highest BCUT2D eigenvalue weighted by Crippen LogP contribution is 2.30. The first-order valence-corrected chi connectivity index (χ1v) is 7.73. The zero-order valence-electron chi connectivity index (χ0n) is 13.8. The first-order chi connectivity index (χ1) is 9.97. The van der Waals surface area contributed by atoms with E-state index in [1.807, 2.05) is 12.1 Å². The molecule has 0 radical (unpaired) electrons. The molecule has 2 N–H and O–H groups in total. The number of ether oxygens (including phenoxy) is 1. The molecule has 21 heavy (non-hydrogen) atoms. The average molecular weight is 289 g/mol. The van der Waals surface area contributed by atoms with E-state index in [1.165, 1.54) is 0 Å². The second-order valence-electron chi connectivity index (χ2n) is 6.35. The molecule has 0 saturated heterocycles. The Bertz CT molecular complexity index is 601. The molecule has 0 bridgehead atoms. The summed E-state index contributed by atoms with van der Waals surface area (Å²) >= 11 is 0. The van der Waals surface area contributed by atoms with Crippen LogP contribution in [0.15, 0.2) is 18.2 Å². The fourth-order valence-corrected chi connectivity index (χ4v) is 2.93. The van der Waals surface area contributed by atoms with Gasteiger partial charge in [0.1, 0.15) is 11.6 Å². The Labute approximate surface area is 127 Å². The SMILES string of the molecule is COc1ccc2c(c1)nc(C(CN)CC(C)C)n2C(C)C. The van der Waals surface area contributed by atoms with Gasteiger partial charge in [0, 0.05) is 24.6 Å². The van der Waals surface area contributed by atoms with Crippen molar-refractivity contribution in [3.63, 3.8) is 0 Å². The van der Waals surface area contributed by atoms with E-state index in [9.17, 15) is 0 Å². The van der Waals surface area contributed by atoms with Gasteiger partial charge in [-0.15, -0.1) is 0 Å². The van der Waals surface area contributed by atoms with Crippen molar-refractivity contribution in [2.45, 2.75) is 46.1 Å². The van der Waals surface area contributed by atoms with Crippen LogP contribution in [0.4, 0.5) is 0 Å². The van der Waals surface area contributed by atoms with Gasteiger partial charge < -0.3 is 15.0 Å². The van der Waals surface area contributed by atoms with E-state index in [2.05, 4.69) is 38.3 Å². The number of nitrogens with two attached hydrogens (primary N) is 1. The predicted molar refractivity (Wildman–Crippen MR) is 87.9 cm³/mol. The van der Waals surface area contributed by atoms with Gasteiger partial charge in [0.25, 0.3) is 0 Å². The van der Waals surface area contributed by atoms with E-state index >= 15 is 0 Å². The minimum absolute atomic E-state index is 0.297. The standard InChI is InChI=1S/C17H27N3O/c1-11(2)8-13(10-18)17-19-15-9-14(21-5)6-7-16(15)20(17)12(3)4/h6-7,9,11-13H,8,10,18H2,1-5H3. The maximum absolute atomic E-state index is 6.02. The minimum Gasteiger partial charge on any atom is -0.497 e. The van der Waals surface area contributed by atoms with Gasteiger partial charge in [-0.1, -0.05) is 13.8 Å². The van der Waals surface area contributed by atoms with Crippen LogP contribution in [0, 0.1) is 5.92 Å². The highest BCUT2D eigenvalue weighted by molar-refractivity contribution is 5.78. The van der Waals surface area contributed by atoms with E-state index in [1.54, 1.807) is 7.11 Å². The van der Waals surface area contributed by atoms with Crippen LogP contribution < -0.4 is 10.5 Å². The van der Waals surface area contributed by atoms with Gasteiger partial charge >= 0.3 is 0 Å². The molecule has 0 saturated carbocycles. The summed E-state index contributed by atoms with van der Waals surface area (Å²) in [5, 5.41) is 0. The van der Waals surface area contributed by atoms with E-state index < -0.39 is 0 Å². The summed E-state index contributed by atoms with van der Waals surface area (Å²) in [6.07, 6.45) is 1.06. The molecule has 0 aliphatic rings. The quantitative estimate of drug-likeness (QED) is 0.882. The van der Waals surface area contributed by atoms with Gasteiger partial charge in [-0.05, 0) is 38.3 Å². The Morgan fingerprint density at radius 1 is 1.24 bits per heavy atom. The van der Waals surface area contributed by atoms with Crippen molar-refractivity contribution < 1.29 is 4.74 Å². The molecule has 4 nitrogen and oxygen atoms in total. The smallest absolute Gasteiger partial charge is 0.121 e. The molecule has 2 rings (SSSR count). The molecule has 1 aromatic heterocycles. The summed E-state index contributed by atoms with van der Waals surface area (Å²) in [7, 11) is 1.68. The molecule has 0 spiro atoms. The second-order valence-corrected chi connectivity index (χ2v) is 6.35. The number of rotatable bonds is 6. The summed E-state index contributed by atoms with van der Waals surface area (Å²) < 4.78 is 7.62. The largest absolute Gasteiger partial charge is 0.497 e. The molecule has 1 unspecified atom stereocenters. The van der Waals surface area contributed by atoms with Crippen molar-refractivity contribution in [1.29, 1.82) is 0 Å². The van der Waals surface area contributed by atoms with Gasteiger partial charge in [-0.2, -0.15) is 0 Å². The van der Waals surface area contributed by atoms with E-state index in [0.29, 0.717) is 24.4 Å². The van der Waals surface area contributed by atoms with Crippen LogP contribution in [0.5, 0.6) is 5.75 Å². The molecular weight excluding hydrogens is 262 g/mol. The highest BCUT2D eigenvalue weighted by atomic mass is 16.5. The molecule has 0 aliphatic heterocycles. The van der Waals surface area contributed by atoms with Crippen molar-refractivity contribution >= 4 is 11.0 Å². The Kier molecular flexibility index (Phi) is 4.88. The lowest BCUT2D eigenvalue weighted by atomic mass is 9.96. The Morgan fingerprint density at radius 3 is 2.48 bits per heavy atom. The molecule has 0 amide bonds. The van der Waals surface area contributed by atoms with Gasteiger partial charge in [0.2, 0.25) is 0 Å². The van der Waals surface area contributed by atoms with Crippen molar-refractivity contribution in [2.75, 3.05) is 13.7 Å². The summed E-state index contributed by atoms with van der Waals surface area (Å²) in [4.78, 5) is 4.87. The van der Waals surface area contributed by atoms with E-state index in [0.717, 1.165) is 29.0 Å². The van der Waals surface area contributed by atoms with Gasteiger partial charge in [-0.3, -0.25) is 0 Å². The lowest BCUT2D eigenvalue weighted by molar-refractivity contribution is 0.415. The van der Waals surface area contributed by atoms with Crippen LogP contribution in [0.25, 0.3) is 11.0 Å².